The van der Waals surface area contributed by atoms with E-state index < -0.39 is 0 Å². The Kier molecular flexibility index (Phi) is 3.80. The summed E-state index contributed by atoms with van der Waals surface area (Å²) in [5.41, 5.74) is 0.610. The fraction of sp³-hybridized carbons (Fsp3) is 0.417. The maximum Gasteiger partial charge on any atom is 0.251 e. The second kappa shape index (κ2) is 5.32. The summed E-state index contributed by atoms with van der Waals surface area (Å²) < 4.78 is 5.23. The number of carbonyl (C=O) groups is 1. The number of halogens is 1. The minimum Gasteiger partial charge on any atom is -0.381 e. The molecule has 1 fully saturated rings. The first kappa shape index (κ1) is 11.4. The van der Waals surface area contributed by atoms with Crippen LogP contribution in [0, 0.1) is 0 Å². The van der Waals surface area contributed by atoms with Gasteiger partial charge in [-0.3, -0.25) is 4.79 Å². The van der Waals surface area contributed by atoms with Gasteiger partial charge in [0.25, 0.3) is 5.91 Å². The summed E-state index contributed by atoms with van der Waals surface area (Å²) in [6.45, 7) is 1.45. The van der Waals surface area contributed by atoms with E-state index in [2.05, 4.69) is 5.32 Å². The van der Waals surface area contributed by atoms with Gasteiger partial charge in [0, 0.05) is 29.8 Å². The van der Waals surface area contributed by atoms with E-state index in [9.17, 15) is 4.79 Å². The van der Waals surface area contributed by atoms with Crippen LogP contribution in [0.25, 0.3) is 0 Å². The summed E-state index contributed by atoms with van der Waals surface area (Å²) in [5, 5.41) is 3.57. The highest BCUT2D eigenvalue weighted by molar-refractivity contribution is 6.30. The number of hydrogen-bond donors (Lipinski definition) is 1. The fourth-order valence-electron chi connectivity index (χ4n) is 1.74. The van der Waals surface area contributed by atoms with Crippen molar-refractivity contribution in [3.63, 3.8) is 0 Å². The Morgan fingerprint density at radius 2 is 2.12 bits per heavy atom. The fourth-order valence-corrected chi connectivity index (χ4v) is 1.93. The topological polar surface area (TPSA) is 38.3 Å². The predicted molar refractivity (Wildman–Crippen MR) is 62.8 cm³/mol. The van der Waals surface area contributed by atoms with E-state index in [0.29, 0.717) is 10.6 Å². The molecule has 0 spiro atoms. The van der Waals surface area contributed by atoms with Gasteiger partial charge in [0.05, 0.1) is 0 Å². The molecule has 0 saturated carbocycles. The Bertz CT molecular complexity index is 375. The van der Waals surface area contributed by atoms with Gasteiger partial charge in [-0.25, -0.2) is 0 Å². The SMILES string of the molecule is O=C(NC1CCOCC1)c1cccc(Cl)c1. The zero-order chi connectivity index (χ0) is 11.4. The molecule has 0 aliphatic carbocycles. The Labute approximate surface area is 99.7 Å². The maximum atomic E-state index is 11.9. The molecular weight excluding hydrogens is 226 g/mol. The molecule has 16 heavy (non-hydrogen) atoms. The molecule has 3 nitrogen and oxygen atoms in total. The quantitative estimate of drug-likeness (QED) is 0.860. The molecule has 0 aromatic heterocycles. The predicted octanol–water partition coefficient (Wildman–Crippen LogP) is 2.25. The van der Waals surface area contributed by atoms with Crippen LogP contribution in [0.4, 0.5) is 0 Å². The molecule has 1 N–H and O–H groups in total. The number of amides is 1. The summed E-state index contributed by atoms with van der Waals surface area (Å²) >= 11 is 5.83. The lowest BCUT2D eigenvalue weighted by atomic mass is 10.1. The zero-order valence-electron chi connectivity index (χ0n) is 8.91. The number of rotatable bonds is 2. The Hall–Kier alpha value is -1.06. The minimum atomic E-state index is -0.0607. The Morgan fingerprint density at radius 3 is 2.81 bits per heavy atom. The minimum absolute atomic E-state index is 0.0607. The van der Waals surface area contributed by atoms with Crippen LogP contribution < -0.4 is 5.32 Å². The smallest absolute Gasteiger partial charge is 0.251 e. The summed E-state index contributed by atoms with van der Waals surface area (Å²) in [4.78, 5) is 11.9. The summed E-state index contributed by atoms with van der Waals surface area (Å²) in [7, 11) is 0. The van der Waals surface area contributed by atoms with Gasteiger partial charge < -0.3 is 10.1 Å². The van der Waals surface area contributed by atoms with Crippen molar-refractivity contribution in [3.8, 4) is 0 Å². The third-order valence-corrected chi connectivity index (χ3v) is 2.88. The lowest BCUT2D eigenvalue weighted by Gasteiger charge is -2.23. The number of carbonyl (C=O) groups excluding carboxylic acids is 1. The van der Waals surface area contributed by atoms with Gasteiger partial charge in [0.2, 0.25) is 0 Å². The van der Waals surface area contributed by atoms with Crippen LogP contribution in [0.5, 0.6) is 0 Å². The molecule has 1 aromatic rings. The van der Waals surface area contributed by atoms with Crippen molar-refractivity contribution >= 4 is 17.5 Å². The third kappa shape index (κ3) is 2.97. The molecule has 1 saturated heterocycles. The number of hydrogen-bond acceptors (Lipinski definition) is 2. The van der Waals surface area contributed by atoms with Crippen LogP contribution in [0.2, 0.25) is 5.02 Å². The highest BCUT2D eigenvalue weighted by Gasteiger charge is 2.16. The molecular formula is C12H14ClNO2. The van der Waals surface area contributed by atoms with Crippen LogP contribution in [-0.4, -0.2) is 25.2 Å². The first-order chi connectivity index (χ1) is 7.75. The number of ether oxygens (including phenoxy) is 1. The second-order valence-corrected chi connectivity index (χ2v) is 4.31. The van der Waals surface area contributed by atoms with Gasteiger partial charge in [0.15, 0.2) is 0 Å². The lowest BCUT2D eigenvalue weighted by Crippen LogP contribution is -2.38. The molecule has 1 aliphatic heterocycles. The van der Waals surface area contributed by atoms with Crippen molar-refractivity contribution in [2.45, 2.75) is 18.9 Å². The van der Waals surface area contributed by atoms with Gasteiger partial charge in [-0.15, -0.1) is 0 Å². The molecule has 1 heterocycles. The van der Waals surface area contributed by atoms with Crippen molar-refractivity contribution in [3.05, 3.63) is 34.9 Å². The van der Waals surface area contributed by atoms with Gasteiger partial charge in [-0.05, 0) is 31.0 Å². The first-order valence-electron chi connectivity index (χ1n) is 5.40. The monoisotopic (exact) mass is 239 g/mol. The standard InChI is InChI=1S/C12H14ClNO2/c13-10-3-1-2-9(8-10)12(15)14-11-4-6-16-7-5-11/h1-3,8,11H,4-7H2,(H,14,15). The van der Waals surface area contributed by atoms with Gasteiger partial charge in [-0.2, -0.15) is 0 Å². The van der Waals surface area contributed by atoms with Crippen LogP contribution in [0.1, 0.15) is 23.2 Å². The molecule has 86 valence electrons. The summed E-state index contributed by atoms with van der Waals surface area (Å²) in [6.07, 6.45) is 1.76. The summed E-state index contributed by atoms with van der Waals surface area (Å²) in [5.74, 6) is -0.0607. The summed E-state index contributed by atoms with van der Waals surface area (Å²) in [6, 6.07) is 7.20. The maximum absolute atomic E-state index is 11.9. The molecule has 1 amide bonds. The molecule has 1 aromatic carbocycles. The molecule has 4 heteroatoms. The molecule has 0 atom stereocenters. The van der Waals surface area contributed by atoms with E-state index in [0.717, 1.165) is 26.1 Å². The average molecular weight is 240 g/mol. The van der Waals surface area contributed by atoms with E-state index >= 15 is 0 Å². The van der Waals surface area contributed by atoms with E-state index in [1.165, 1.54) is 0 Å². The molecule has 2 rings (SSSR count). The van der Waals surface area contributed by atoms with Crippen molar-refractivity contribution < 1.29 is 9.53 Å². The number of benzene rings is 1. The van der Waals surface area contributed by atoms with E-state index in [-0.39, 0.29) is 11.9 Å². The van der Waals surface area contributed by atoms with Gasteiger partial charge in [0.1, 0.15) is 0 Å². The highest BCUT2D eigenvalue weighted by Crippen LogP contribution is 2.12. The van der Waals surface area contributed by atoms with Gasteiger partial charge >= 0.3 is 0 Å². The highest BCUT2D eigenvalue weighted by atomic mass is 35.5. The second-order valence-electron chi connectivity index (χ2n) is 3.87. The van der Waals surface area contributed by atoms with Crippen LogP contribution >= 0.6 is 11.6 Å². The normalized spacial score (nSPS) is 17.1. The van der Waals surface area contributed by atoms with E-state index in [1.54, 1.807) is 24.3 Å². The largest absolute Gasteiger partial charge is 0.381 e. The third-order valence-electron chi connectivity index (χ3n) is 2.64. The van der Waals surface area contributed by atoms with Crippen LogP contribution in [0.3, 0.4) is 0 Å². The molecule has 0 radical (unpaired) electrons. The van der Waals surface area contributed by atoms with Crippen molar-refractivity contribution in [1.82, 2.24) is 5.32 Å². The van der Waals surface area contributed by atoms with Crippen molar-refractivity contribution in [1.29, 1.82) is 0 Å². The zero-order valence-corrected chi connectivity index (χ0v) is 9.67. The molecule has 0 unspecified atom stereocenters. The number of nitrogens with one attached hydrogen (secondary N) is 1. The average Bonchev–Trinajstić information content (AvgIpc) is 2.30. The van der Waals surface area contributed by atoms with Crippen molar-refractivity contribution in [2.24, 2.45) is 0 Å². The first-order valence-corrected chi connectivity index (χ1v) is 5.77. The van der Waals surface area contributed by atoms with E-state index in [4.69, 9.17) is 16.3 Å². The van der Waals surface area contributed by atoms with Crippen molar-refractivity contribution in [2.75, 3.05) is 13.2 Å². The Balaban J connectivity index is 1.97. The van der Waals surface area contributed by atoms with Gasteiger partial charge in [-0.1, -0.05) is 17.7 Å². The lowest BCUT2D eigenvalue weighted by molar-refractivity contribution is 0.0696. The molecule has 0 bridgehead atoms. The molecule has 1 aliphatic rings. The Morgan fingerprint density at radius 1 is 1.38 bits per heavy atom. The van der Waals surface area contributed by atoms with Crippen LogP contribution in [0.15, 0.2) is 24.3 Å². The van der Waals surface area contributed by atoms with Crippen LogP contribution in [-0.2, 0) is 4.74 Å². The van der Waals surface area contributed by atoms with E-state index in [1.807, 2.05) is 0 Å².